The number of hydrogen-bond acceptors (Lipinski definition) is 4. The van der Waals surface area contributed by atoms with Crippen molar-refractivity contribution in [3.05, 3.63) is 56.5 Å². The lowest BCUT2D eigenvalue weighted by molar-refractivity contribution is -0.137. The zero-order valence-electron chi connectivity index (χ0n) is 15.9. The van der Waals surface area contributed by atoms with Crippen molar-refractivity contribution in [1.29, 1.82) is 0 Å². The van der Waals surface area contributed by atoms with Crippen molar-refractivity contribution in [2.75, 3.05) is 0 Å². The number of carbonyl (C=O) groups excluding carboxylic acids is 1. The number of rotatable bonds is 2. The summed E-state index contributed by atoms with van der Waals surface area (Å²) in [6, 6.07) is 3.66. The fraction of sp³-hybridized carbons (Fsp3) is 0.300. The van der Waals surface area contributed by atoms with Gasteiger partial charge in [0.2, 0.25) is 11.3 Å². The molecule has 1 aliphatic heterocycles. The van der Waals surface area contributed by atoms with Gasteiger partial charge in [0.25, 0.3) is 0 Å². The molecule has 2 N–H and O–H groups in total. The Bertz CT molecular complexity index is 1270. The normalized spacial score (nSPS) is 18.6. The zero-order chi connectivity index (χ0) is 22.0. The van der Waals surface area contributed by atoms with Crippen LogP contribution in [0.15, 0.2) is 29.1 Å². The quantitative estimate of drug-likeness (QED) is 0.658. The SMILES string of the molecule is Cc1nc2c(=O)cc3n(c2nc1-c1ccc(C(F)(F)F)cc1Cl)C(C(N)=O)CC3C. The minimum Gasteiger partial charge on any atom is -0.368 e. The number of aryl methyl sites for hydroxylation is 1. The first kappa shape index (κ1) is 20.3. The molecule has 1 aliphatic rings. The molecule has 156 valence electrons. The largest absolute Gasteiger partial charge is 0.416 e. The molecule has 30 heavy (non-hydrogen) atoms. The maximum atomic E-state index is 13.0. The molecule has 6 nitrogen and oxygen atoms in total. The third-order valence-corrected chi connectivity index (χ3v) is 5.66. The molecule has 3 heterocycles. The van der Waals surface area contributed by atoms with Gasteiger partial charge in [-0.25, -0.2) is 9.97 Å². The van der Waals surface area contributed by atoms with Crippen LogP contribution >= 0.6 is 11.6 Å². The third kappa shape index (κ3) is 3.13. The van der Waals surface area contributed by atoms with Gasteiger partial charge in [-0.3, -0.25) is 9.59 Å². The molecule has 0 spiro atoms. The Morgan fingerprint density at radius 2 is 1.97 bits per heavy atom. The second-order valence-corrected chi connectivity index (χ2v) is 7.79. The van der Waals surface area contributed by atoms with Crippen LogP contribution in [0.5, 0.6) is 0 Å². The number of benzene rings is 1. The molecule has 0 aliphatic carbocycles. The number of nitrogens with zero attached hydrogens (tertiary/aromatic N) is 3. The fourth-order valence-corrected chi connectivity index (χ4v) is 4.16. The Kier molecular flexibility index (Phi) is 4.61. The Hall–Kier alpha value is -2.94. The number of aromatic nitrogens is 3. The van der Waals surface area contributed by atoms with Gasteiger partial charge in [-0.15, -0.1) is 0 Å². The molecule has 0 bridgehead atoms. The topological polar surface area (TPSA) is 90.9 Å². The number of carbonyl (C=O) groups is 1. The molecule has 3 aromatic rings. The van der Waals surface area contributed by atoms with Crippen molar-refractivity contribution >= 4 is 28.7 Å². The summed E-state index contributed by atoms with van der Waals surface area (Å²) in [6.45, 7) is 3.45. The van der Waals surface area contributed by atoms with Crippen molar-refractivity contribution in [2.45, 2.75) is 38.4 Å². The number of primary amides is 1. The molecular weight excluding hydrogens is 421 g/mol. The predicted molar refractivity (Wildman–Crippen MR) is 105 cm³/mol. The predicted octanol–water partition coefficient (Wildman–Crippen LogP) is 3.97. The van der Waals surface area contributed by atoms with Gasteiger partial charge < -0.3 is 10.3 Å². The van der Waals surface area contributed by atoms with Crippen molar-refractivity contribution < 1.29 is 18.0 Å². The summed E-state index contributed by atoms with van der Waals surface area (Å²) in [7, 11) is 0. The van der Waals surface area contributed by atoms with E-state index >= 15 is 0 Å². The summed E-state index contributed by atoms with van der Waals surface area (Å²) in [5.41, 5.74) is 5.92. The van der Waals surface area contributed by atoms with Gasteiger partial charge in [-0.1, -0.05) is 24.6 Å². The van der Waals surface area contributed by atoms with Gasteiger partial charge in [0.1, 0.15) is 6.04 Å². The van der Waals surface area contributed by atoms with E-state index in [1.807, 2.05) is 6.92 Å². The second kappa shape index (κ2) is 6.80. The molecule has 0 radical (unpaired) electrons. The van der Waals surface area contributed by atoms with Crippen LogP contribution in [0.2, 0.25) is 5.02 Å². The molecule has 0 fully saturated rings. The number of amides is 1. The Morgan fingerprint density at radius 1 is 1.27 bits per heavy atom. The number of alkyl halides is 3. The number of fused-ring (bicyclic) bond motifs is 3. The first-order chi connectivity index (χ1) is 14.0. The van der Waals surface area contributed by atoms with Crippen LogP contribution in [-0.4, -0.2) is 20.4 Å². The molecule has 4 rings (SSSR count). The first-order valence-corrected chi connectivity index (χ1v) is 9.47. The van der Waals surface area contributed by atoms with Gasteiger partial charge in [0.15, 0.2) is 11.2 Å². The monoisotopic (exact) mass is 436 g/mol. The molecule has 0 saturated heterocycles. The van der Waals surface area contributed by atoms with Crippen molar-refractivity contribution in [3.63, 3.8) is 0 Å². The average molecular weight is 437 g/mol. The molecule has 1 amide bonds. The molecule has 10 heteroatoms. The second-order valence-electron chi connectivity index (χ2n) is 7.38. The minimum absolute atomic E-state index is 0.0587. The average Bonchev–Trinajstić information content (AvgIpc) is 2.98. The van der Waals surface area contributed by atoms with Crippen molar-refractivity contribution in [2.24, 2.45) is 5.73 Å². The third-order valence-electron chi connectivity index (χ3n) is 5.34. The van der Waals surface area contributed by atoms with Gasteiger partial charge in [0.05, 0.1) is 22.0 Å². The smallest absolute Gasteiger partial charge is 0.368 e. The summed E-state index contributed by atoms with van der Waals surface area (Å²) in [5.74, 6) is -0.664. The van der Waals surface area contributed by atoms with E-state index in [-0.39, 0.29) is 38.8 Å². The van der Waals surface area contributed by atoms with Crippen LogP contribution in [-0.2, 0) is 11.0 Å². The highest BCUT2D eigenvalue weighted by Crippen LogP contribution is 2.39. The number of pyridine rings is 1. The summed E-state index contributed by atoms with van der Waals surface area (Å²) in [6.07, 6.45) is -4.12. The molecule has 2 aromatic heterocycles. The van der Waals surface area contributed by atoms with Gasteiger partial charge in [0, 0.05) is 17.3 Å². The van der Waals surface area contributed by atoms with Crippen LogP contribution in [0.4, 0.5) is 13.2 Å². The Balaban J connectivity index is 2.00. The lowest BCUT2D eigenvalue weighted by Crippen LogP contribution is -2.26. The van der Waals surface area contributed by atoms with Crippen LogP contribution < -0.4 is 11.2 Å². The highest BCUT2D eigenvalue weighted by Gasteiger charge is 2.34. The number of halogens is 4. The maximum absolute atomic E-state index is 13.0. The molecular formula is C20H16ClF3N4O2. The van der Waals surface area contributed by atoms with E-state index in [1.54, 1.807) is 11.5 Å². The van der Waals surface area contributed by atoms with Crippen molar-refractivity contribution in [1.82, 2.24) is 14.5 Å². The number of hydrogen-bond donors (Lipinski definition) is 1. The standard InChI is InChI=1S/C20H16ClF3N4O2/c1-8-5-14(18(25)30)28-13(8)7-15(29)17-19(28)27-16(9(2)26-17)11-4-3-10(6-12(11)21)20(22,23)24/h3-4,6-8,14H,5H2,1-2H3,(H2,25,30). The van der Waals surface area contributed by atoms with E-state index in [0.717, 1.165) is 12.1 Å². The minimum atomic E-state index is -4.54. The van der Waals surface area contributed by atoms with Crippen molar-refractivity contribution in [3.8, 4) is 11.3 Å². The molecule has 1 aromatic carbocycles. The zero-order valence-corrected chi connectivity index (χ0v) is 16.7. The summed E-state index contributed by atoms with van der Waals surface area (Å²) >= 11 is 6.13. The lowest BCUT2D eigenvalue weighted by Gasteiger charge is -2.16. The first-order valence-electron chi connectivity index (χ1n) is 9.09. The maximum Gasteiger partial charge on any atom is 0.416 e. The highest BCUT2D eigenvalue weighted by atomic mass is 35.5. The summed E-state index contributed by atoms with van der Waals surface area (Å²) in [5, 5.41) is -0.152. The van der Waals surface area contributed by atoms with Crippen LogP contribution in [0.25, 0.3) is 22.4 Å². The lowest BCUT2D eigenvalue weighted by atomic mass is 10.0. The van der Waals surface area contributed by atoms with E-state index in [9.17, 15) is 22.8 Å². The van der Waals surface area contributed by atoms with E-state index in [0.29, 0.717) is 17.8 Å². The van der Waals surface area contributed by atoms with E-state index in [2.05, 4.69) is 9.97 Å². The molecule has 2 unspecified atom stereocenters. The van der Waals surface area contributed by atoms with Gasteiger partial charge in [-0.05, 0) is 31.4 Å². The van der Waals surface area contributed by atoms with E-state index in [1.165, 1.54) is 12.1 Å². The van der Waals surface area contributed by atoms with Crippen LogP contribution in [0.3, 0.4) is 0 Å². The number of nitrogens with two attached hydrogens (primary N) is 1. The Morgan fingerprint density at radius 3 is 2.57 bits per heavy atom. The van der Waals surface area contributed by atoms with Gasteiger partial charge in [-0.2, -0.15) is 13.2 Å². The molecule has 2 atom stereocenters. The van der Waals surface area contributed by atoms with E-state index < -0.39 is 23.7 Å². The van der Waals surface area contributed by atoms with Crippen LogP contribution in [0, 0.1) is 6.92 Å². The fourth-order valence-electron chi connectivity index (χ4n) is 3.89. The highest BCUT2D eigenvalue weighted by molar-refractivity contribution is 6.33. The van der Waals surface area contributed by atoms with E-state index in [4.69, 9.17) is 17.3 Å². The molecule has 0 saturated carbocycles. The Labute approximate surface area is 173 Å². The van der Waals surface area contributed by atoms with Gasteiger partial charge >= 0.3 is 6.18 Å². The van der Waals surface area contributed by atoms with Crippen LogP contribution in [0.1, 0.15) is 42.3 Å². The summed E-state index contributed by atoms with van der Waals surface area (Å²) in [4.78, 5) is 33.4. The summed E-state index contributed by atoms with van der Waals surface area (Å²) < 4.78 is 40.5.